The van der Waals surface area contributed by atoms with Crippen LogP contribution < -0.4 is 5.84 Å². The Labute approximate surface area is 60.8 Å². The van der Waals surface area contributed by atoms with Crippen LogP contribution in [0.4, 0.5) is 0 Å². The van der Waals surface area contributed by atoms with Gasteiger partial charge < -0.3 is 5.84 Å². The Hall–Kier alpha value is -0.990. The zero-order chi connectivity index (χ0) is 7.56. The van der Waals surface area contributed by atoms with Crippen LogP contribution in [0.3, 0.4) is 0 Å². The molecule has 3 heteroatoms. The molecule has 10 heavy (non-hydrogen) atoms. The predicted molar refractivity (Wildman–Crippen MR) is 41.1 cm³/mol. The highest BCUT2D eigenvalue weighted by Crippen LogP contribution is 2.05. The molecule has 1 heterocycles. The fourth-order valence-corrected chi connectivity index (χ4v) is 1.06. The number of rotatable bonds is 2. The van der Waals surface area contributed by atoms with Crippen molar-refractivity contribution >= 4 is 0 Å². The lowest BCUT2D eigenvalue weighted by Gasteiger charge is -1.90. The number of nitrogens with two attached hydrogens (primary N) is 1. The van der Waals surface area contributed by atoms with E-state index in [0.29, 0.717) is 0 Å². The summed E-state index contributed by atoms with van der Waals surface area (Å²) in [6.45, 7) is 4.19. The van der Waals surface area contributed by atoms with E-state index >= 15 is 0 Å². The minimum Gasteiger partial charge on any atom is -0.323 e. The van der Waals surface area contributed by atoms with Gasteiger partial charge in [-0.1, -0.05) is 13.8 Å². The van der Waals surface area contributed by atoms with E-state index in [1.165, 1.54) is 10.4 Å². The van der Waals surface area contributed by atoms with Crippen molar-refractivity contribution in [2.75, 3.05) is 5.84 Å². The average Bonchev–Trinajstić information content (AvgIpc) is 2.30. The maximum absolute atomic E-state index is 5.44. The van der Waals surface area contributed by atoms with Crippen molar-refractivity contribution in [3.8, 4) is 0 Å². The first-order chi connectivity index (χ1) is 4.77. The summed E-state index contributed by atoms with van der Waals surface area (Å²) in [4.78, 5) is 1.39. The van der Waals surface area contributed by atoms with Crippen molar-refractivity contribution in [3.63, 3.8) is 0 Å². The van der Waals surface area contributed by atoms with E-state index in [-0.39, 0.29) is 0 Å². The molecule has 0 fully saturated rings. The van der Waals surface area contributed by atoms with Gasteiger partial charge in [0.2, 0.25) is 0 Å². The molecule has 3 nitrogen and oxygen atoms in total. The van der Waals surface area contributed by atoms with Crippen LogP contribution in [0.2, 0.25) is 0 Å². The molecule has 0 aliphatic rings. The summed E-state index contributed by atoms with van der Waals surface area (Å²) in [5.74, 6) is 5.44. The standard InChI is InChI=1S/C7H13N3/c1-3-6-5-10(8)9-7(6)4-2/h5H,3-4,8H2,1-2H3. The van der Waals surface area contributed by atoms with E-state index in [1.807, 2.05) is 6.20 Å². The Morgan fingerprint density at radius 1 is 1.50 bits per heavy atom. The molecule has 0 radical (unpaired) electrons. The minimum atomic E-state index is 0.966. The number of hydrogen-bond acceptors (Lipinski definition) is 2. The van der Waals surface area contributed by atoms with E-state index in [2.05, 4.69) is 18.9 Å². The molecule has 2 N–H and O–H groups in total. The zero-order valence-corrected chi connectivity index (χ0v) is 6.46. The topological polar surface area (TPSA) is 43.8 Å². The summed E-state index contributed by atoms with van der Waals surface area (Å²) in [6.07, 6.45) is 3.85. The quantitative estimate of drug-likeness (QED) is 0.613. The normalized spacial score (nSPS) is 10.2. The van der Waals surface area contributed by atoms with Gasteiger partial charge >= 0.3 is 0 Å². The third-order valence-electron chi connectivity index (χ3n) is 1.61. The van der Waals surface area contributed by atoms with Crippen LogP contribution in [0.5, 0.6) is 0 Å². The summed E-state index contributed by atoms with van der Waals surface area (Å²) in [5.41, 5.74) is 2.37. The van der Waals surface area contributed by atoms with E-state index in [1.54, 1.807) is 0 Å². The molecule has 0 aromatic carbocycles. The van der Waals surface area contributed by atoms with E-state index < -0.39 is 0 Å². The molecule has 0 unspecified atom stereocenters. The number of nitrogens with zero attached hydrogens (tertiary/aromatic N) is 2. The summed E-state index contributed by atoms with van der Waals surface area (Å²) < 4.78 is 0. The summed E-state index contributed by atoms with van der Waals surface area (Å²) in [5, 5.41) is 4.09. The lowest BCUT2D eigenvalue weighted by Crippen LogP contribution is -2.08. The highest BCUT2D eigenvalue weighted by Gasteiger charge is 2.01. The van der Waals surface area contributed by atoms with Gasteiger partial charge in [-0.2, -0.15) is 9.89 Å². The summed E-state index contributed by atoms with van der Waals surface area (Å²) >= 11 is 0. The van der Waals surface area contributed by atoms with Crippen LogP contribution in [0.25, 0.3) is 0 Å². The van der Waals surface area contributed by atoms with Crippen LogP contribution in [0.15, 0.2) is 6.20 Å². The Kier molecular flexibility index (Phi) is 1.94. The molecular formula is C7H13N3. The first kappa shape index (κ1) is 7.12. The maximum atomic E-state index is 5.44. The maximum Gasteiger partial charge on any atom is 0.0674 e. The molecule has 1 aromatic rings. The third-order valence-corrected chi connectivity index (χ3v) is 1.61. The highest BCUT2D eigenvalue weighted by atomic mass is 15.5. The van der Waals surface area contributed by atoms with Crippen molar-refractivity contribution in [2.24, 2.45) is 0 Å². The lowest BCUT2D eigenvalue weighted by molar-refractivity contribution is 0.801. The van der Waals surface area contributed by atoms with E-state index in [0.717, 1.165) is 18.5 Å². The minimum absolute atomic E-state index is 0.966. The predicted octanol–water partition coefficient (Wildman–Crippen LogP) is 0.722. The van der Waals surface area contributed by atoms with Crippen molar-refractivity contribution in [2.45, 2.75) is 26.7 Å². The van der Waals surface area contributed by atoms with Gasteiger partial charge in [-0.25, -0.2) is 0 Å². The first-order valence-electron chi connectivity index (χ1n) is 3.60. The van der Waals surface area contributed by atoms with Crippen LogP contribution in [-0.2, 0) is 12.8 Å². The van der Waals surface area contributed by atoms with E-state index in [9.17, 15) is 0 Å². The highest BCUT2D eigenvalue weighted by molar-refractivity contribution is 5.16. The lowest BCUT2D eigenvalue weighted by atomic mass is 10.2. The molecule has 0 bridgehead atoms. The smallest absolute Gasteiger partial charge is 0.0674 e. The second-order valence-electron chi connectivity index (χ2n) is 2.29. The number of hydrogen-bond donors (Lipinski definition) is 1. The van der Waals surface area contributed by atoms with Gasteiger partial charge in [-0.3, -0.25) is 0 Å². The van der Waals surface area contributed by atoms with Crippen LogP contribution in [0, 0.1) is 0 Å². The van der Waals surface area contributed by atoms with Gasteiger partial charge in [0, 0.05) is 0 Å². The molecule has 0 saturated heterocycles. The van der Waals surface area contributed by atoms with Gasteiger partial charge in [0.15, 0.2) is 0 Å². The van der Waals surface area contributed by atoms with Crippen molar-refractivity contribution in [3.05, 3.63) is 17.5 Å². The molecule has 56 valence electrons. The second-order valence-corrected chi connectivity index (χ2v) is 2.29. The average molecular weight is 139 g/mol. The summed E-state index contributed by atoms with van der Waals surface area (Å²) in [6, 6.07) is 0. The Morgan fingerprint density at radius 2 is 2.20 bits per heavy atom. The van der Waals surface area contributed by atoms with Gasteiger partial charge in [0.25, 0.3) is 0 Å². The van der Waals surface area contributed by atoms with Crippen LogP contribution in [0.1, 0.15) is 25.1 Å². The van der Waals surface area contributed by atoms with Gasteiger partial charge in [-0.05, 0) is 18.4 Å². The van der Waals surface area contributed by atoms with Crippen LogP contribution >= 0.6 is 0 Å². The molecule has 0 saturated carbocycles. The molecule has 0 aliphatic carbocycles. The fraction of sp³-hybridized carbons (Fsp3) is 0.571. The molecule has 0 aliphatic heterocycles. The Bertz CT molecular complexity index is 193. The van der Waals surface area contributed by atoms with Crippen molar-refractivity contribution < 1.29 is 0 Å². The van der Waals surface area contributed by atoms with Gasteiger partial charge in [0.1, 0.15) is 0 Å². The molecule has 0 atom stereocenters. The largest absolute Gasteiger partial charge is 0.323 e. The summed E-state index contributed by atoms with van der Waals surface area (Å²) in [7, 11) is 0. The van der Waals surface area contributed by atoms with E-state index in [4.69, 9.17) is 5.84 Å². The molecular weight excluding hydrogens is 126 g/mol. The number of aryl methyl sites for hydroxylation is 2. The first-order valence-corrected chi connectivity index (χ1v) is 3.60. The number of nitrogen functional groups attached to an aromatic ring is 1. The second kappa shape index (κ2) is 2.73. The van der Waals surface area contributed by atoms with Gasteiger partial charge in [-0.15, -0.1) is 0 Å². The molecule has 0 amide bonds. The number of aromatic nitrogens is 2. The molecule has 0 spiro atoms. The van der Waals surface area contributed by atoms with Crippen molar-refractivity contribution in [1.82, 2.24) is 9.89 Å². The molecule has 1 rings (SSSR count). The fourth-order valence-electron chi connectivity index (χ4n) is 1.06. The third kappa shape index (κ3) is 1.12. The molecule has 1 aromatic heterocycles. The monoisotopic (exact) mass is 139 g/mol. The SMILES string of the molecule is CCc1cn(N)nc1CC. The Morgan fingerprint density at radius 3 is 2.60 bits per heavy atom. The van der Waals surface area contributed by atoms with Crippen LogP contribution in [-0.4, -0.2) is 9.89 Å². The Balaban J connectivity index is 2.96. The van der Waals surface area contributed by atoms with Gasteiger partial charge in [0.05, 0.1) is 11.9 Å². The zero-order valence-electron chi connectivity index (χ0n) is 6.46. The van der Waals surface area contributed by atoms with Crippen molar-refractivity contribution in [1.29, 1.82) is 0 Å².